The molecule has 3 aromatic rings. The minimum atomic E-state index is -0.845. The maximum absolute atomic E-state index is 13.6. The molecule has 1 aromatic heterocycles. The largest absolute Gasteiger partial charge is 0.351 e. The molecule has 0 spiro atoms. The van der Waals surface area contributed by atoms with Crippen LogP contribution in [0.3, 0.4) is 0 Å². The zero-order valence-corrected chi connectivity index (χ0v) is 18.9. The van der Waals surface area contributed by atoms with Crippen LogP contribution in [-0.2, 0) is 30.7 Å². The minimum Gasteiger partial charge on any atom is -0.351 e. The van der Waals surface area contributed by atoms with Crippen molar-refractivity contribution in [2.24, 2.45) is 0 Å². The monoisotopic (exact) mass is 462 g/mol. The highest BCUT2D eigenvalue weighted by Gasteiger charge is 2.41. The molecule has 0 unspecified atom stereocenters. The molecule has 1 aliphatic heterocycles. The molecule has 2 aromatic carbocycles. The van der Waals surface area contributed by atoms with Crippen molar-refractivity contribution in [1.29, 1.82) is 0 Å². The summed E-state index contributed by atoms with van der Waals surface area (Å²) < 4.78 is 26.9. The molecular weight excluding hydrogens is 434 g/mol. The van der Waals surface area contributed by atoms with Crippen LogP contribution in [0.15, 0.2) is 67.0 Å². The summed E-state index contributed by atoms with van der Waals surface area (Å²) in [5.74, 6) is -1.68. The van der Waals surface area contributed by atoms with E-state index >= 15 is 0 Å². The van der Waals surface area contributed by atoms with Crippen molar-refractivity contribution in [3.8, 4) is 0 Å². The second-order valence-corrected chi connectivity index (χ2v) is 9.18. The number of halogens is 2. The van der Waals surface area contributed by atoms with Crippen molar-refractivity contribution in [1.82, 2.24) is 20.5 Å². The standard InChI is InChI=1S/C27H28F2N4O/c28-24-8-7-18(10-25(24)29)15-31-22-13-26(27(34)32-16-19-4-3-9-30-14-19)33(17-22)23-11-20-5-1-2-6-21(20)12-23/h1-10,14,22-23,26,31H,11-13,15-17H2,(H,32,34)/t22-,26-/m0/s1. The van der Waals surface area contributed by atoms with E-state index in [4.69, 9.17) is 0 Å². The Balaban J connectivity index is 1.27. The third kappa shape index (κ3) is 5.00. The van der Waals surface area contributed by atoms with Gasteiger partial charge < -0.3 is 10.6 Å². The summed E-state index contributed by atoms with van der Waals surface area (Å²) in [6.45, 7) is 1.59. The first-order valence-electron chi connectivity index (χ1n) is 11.7. The molecule has 1 aliphatic carbocycles. The highest BCUT2D eigenvalue weighted by molar-refractivity contribution is 5.82. The molecule has 176 valence electrons. The molecule has 5 rings (SSSR count). The third-order valence-corrected chi connectivity index (χ3v) is 6.91. The lowest BCUT2D eigenvalue weighted by atomic mass is 10.1. The van der Waals surface area contributed by atoms with Crippen LogP contribution < -0.4 is 10.6 Å². The van der Waals surface area contributed by atoms with Gasteiger partial charge in [-0.2, -0.15) is 0 Å². The van der Waals surface area contributed by atoms with E-state index in [-0.39, 0.29) is 24.0 Å². The number of benzene rings is 2. The maximum Gasteiger partial charge on any atom is 0.237 e. The first kappa shape index (κ1) is 22.6. The summed E-state index contributed by atoms with van der Waals surface area (Å²) in [6.07, 6.45) is 5.99. The number of aromatic nitrogens is 1. The molecule has 1 fully saturated rings. The van der Waals surface area contributed by atoms with Gasteiger partial charge in [0.05, 0.1) is 6.04 Å². The fourth-order valence-electron chi connectivity index (χ4n) is 5.16. The van der Waals surface area contributed by atoms with Crippen molar-refractivity contribution < 1.29 is 13.6 Å². The molecule has 0 bridgehead atoms. The van der Waals surface area contributed by atoms with E-state index in [9.17, 15) is 13.6 Å². The number of fused-ring (bicyclic) bond motifs is 1. The van der Waals surface area contributed by atoms with Crippen LogP contribution in [0.5, 0.6) is 0 Å². The lowest BCUT2D eigenvalue weighted by Crippen LogP contribution is -2.48. The first-order valence-corrected chi connectivity index (χ1v) is 11.7. The minimum absolute atomic E-state index is 0.0111. The van der Waals surface area contributed by atoms with Gasteiger partial charge in [0, 0.05) is 44.1 Å². The van der Waals surface area contributed by atoms with Gasteiger partial charge in [-0.25, -0.2) is 8.78 Å². The van der Waals surface area contributed by atoms with Crippen LogP contribution in [0.25, 0.3) is 0 Å². The van der Waals surface area contributed by atoms with E-state index in [1.165, 1.54) is 17.2 Å². The van der Waals surface area contributed by atoms with Crippen LogP contribution in [0.2, 0.25) is 0 Å². The molecule has 0 saturated carbocycles. The molecule has 2 aliphatic rings. The van der Waals surface area contributed by atoms with Gasteiger partial charge in [0.2, 0.25) is 5.91 Å². The van der Waals surface area contributed by atoms with Crippen molar-refractivity contribution >= 4 is 5.91 Å². The Kier molecular flexibility index (Phi) is 6.65. The summed E-state index contributed by atoms with van der Waals surface area (Å²) in [7, 11) is 0. The van der Waals surface area contributed by atoms with Gasteiger partial charge in [-0.05, 0) is 59.7 Å². The van der Waals surface area contributed by atoms with Crippen molar-refractivity contribution in [3.63, 3.8) is 0 Å². The maximum atomic E-state index is 13.6. The Morgan fingerprint density at radius 3 is 2.47 bits per heavy atom. The topological polar surface area (TPSA) is 57.3 Å². The average Bonchev–Trinajstić information content (AvgIpc) is 3.48. The van der Waals surface area contributed by atoms with Crippen LogP contribution in [0, 0.1) is 11.6 Å². The van der Waals surface area contributed by atoms with E-state index in [2.05, 4.69) is 44.8 Å². The molecule has 5 nitrogen and oxygen atoms in total. The first-order chi connectivity index (χ1) is 16.6. The van der Waals surface area contributed by atoms with Gasteiger partial charge in [0.25, 0.3) is 0 Å². The zero-order valence-electron chi connectivity index (χ0n) is 18.9. The van der Waals surface area contributed by atoms with E-state index in [1.54, 1.807) is 18.5 Å². The lowest BCUT2D eigenvalue weighted by Gasteiger charge is -2.29. The van der Waals surface area contributed by atoms with Crippen LogP contribution in [-0.4, -0.2) is 40.5 Å². The number of amides is 1. The van der Waals surface area contributed by atoms with Crippen LogP contribution in [0.4, 0.5) is 8.78 Å². The van der Waals surface area contributed by atoms with Crippen molar-refractivity contribution in [2.45, 2.75) is 50.5 Å². The Morgan fingerprint density at radius 1 is 0.971 bits per heavy atom. The Labute approximate surface area is 198 Å². The number of hydrogen-bond donors (Lipinski definition) is 2. The van der Waals surface area contributed by atoms with Gasteiger partial charge in [-0.15, -0.1) is 0 Å². The number of pyridine rings is 1. The van der Waals surface area contributed by atoms with Gasteiger partial charge >= 0.3 is 0 Å². The second-order valence-electron chi connectivity index (χ2n) is 9.18. The number of rotatable bonds is 7. The smallest absolute Gasteiger partial charge is 0.237 e. The fraction of sp³-hybridized carbons (Fsp3) is 0.333. The fourth-order valence-corrected chi connectivity index (χ4v) is 5.16. The molecular formula is C27H28F2N4O. The highest BCUT2D eigenvalue weighted by Crippen LogP contribution is 2.31. The van der Waals surface area contributed by atoms with E-state index in [0.29, 0.717) is 25.1 Å². The highest BCUT2D eigenvalue weighted by atomic mass is 19.2. The number of hydrogen-bond acceptors (Lipinski definition) is 4. The van der Waals surface area contributed by atoms with Crippen LogP contribution >= 0.6 is 0 Å². The summed E-state index contributed by atoms with van der Waals surface area (Å²) in [5, 5.41) is 6.54. The summed E-state index contributed by atoms with van der Waals surface area (Å²) in [5.41, 5.74) is 4.34. The number of carbonyl (C=O) groups is 1. The normalized spacial score (nSPS) is 20.4. The van der Waals surface area contributed by atoms with Crippen molar-refractivity contribution in [2.75, 3.05) is 6.54 Å². The number of likely N-dealkylation sites (tertiary alicyclic amines) is 1. The van der Waals surface area contributed by atoms with E-state index in [1.807, 2.05) is 12.1 Å². The summed E-state index contributed by atoms with van der Waals surface area (Å²) >= 11 is 0. The number of nitrogens with one attached hydrogen (secondary N) is 2. The molecule has 2 atom stereocenters. The van der Waals surface area contributed by atoms with E-state index < -0.39 is 11.6 Å². The number of nitrogens with zero attached hydrogens (tertiary/aromatic N) is 2. The molecule has 1 saturated heterocycles. The van der Waals surface area contributed by atoms with Crippen molar-refractivity contribution in [3.05, 3.63) is 101 Å². The van der Waals surface area contributed by atoms with E-state index in [0.717, 1.165) is 31.0 Å². The molecule has 7 heteroatoms. The predicted octanol–water partition coefficient (Wildman–Crippen LogP) is 3.38. The zero-order chi connectivity index (χ0) is 23.5. The van der Waals surface area contributed by atoms with Crippen LogP contribution in [0.1, 0.15) is 28.7 Å². The molecule has 0 radical (unpaired) electrons. The quantitative estimate of drug-likeness (QED) is 0.565. The Morgan fingerprint density at radius 2 is 1.76 bits per heavy atom. The SMILES string of the molecule is O=C(NCc1cccnc1)[C@@H]1C[C@H](NCc2ccc(F)c(F)c2)CN1C1Cc2ccccc2C1. The molecule has 2 heterocycles. The number of carbonyl (C=O) groups excluding carboxylic acids is 1. The Bertz CT molecular complexity index is 1130. The summed E-state index contributed by atoms with van der Waals surface area (Å²) in [4.78, 5) is 19.7. The Hall–Kier alpha value is -3.16. The average molecular weight is 463 g/mol. The van der Waals surface area contributed by atoms with Gasteiger partial charge in [-0.3, -0.25) is 14.7 Å². The van der Waals surface area contributed by atoms with Gasteiger partial charge in [-0.1, -0.05) is 36.4 Å². The lowest BCUT2D eigenvalue weighted by molar-refractivity contribution is -0.126. The molecule has 34 heavy (non-hydrogen) atoms. The third-order valence-electron chi connectivity index (χ3n) is 6.91. The molecule has 2 N–H and O–H groups in total. The second kappa shape index (κ2) is 9.99. The predicted molar refractivity (Wildman–Crippen MR) is 126 cm³/mol. The summed E-state index contributed by atoms with van der Waals surface area (Å²) in [6, 6.07) is 16.3. The van der Waals surface area contributed by atoms with Gasteiger partial charge in [0.15, 0.2) is 11.6 Å². The van der Waals surface area contributed by atoms with Gasteiger partial charge in [0.1, 0.15) is 0 Å². The molecule has 1 amide bonds.